The van der Waals surface area contributed by atoms with Gasteiger partial charge in [0.1, 0.15) is 11.6 Å². The molecule has 0 atom stereocenters. The monoisotopic (exact) mass is 294 g/mol. The first kappa shape index (κ1) is 17.0. The van der Waals surface area contributed by atoms with E-state index in [-0.39, 0.29) is 18.5 Å². The molecule has 0 bridgehead atoms. The molecular weight excluding hydrogens is 272 g/mol. The molecule has 0 spiro atoms. The predicted molar refractivity (Wildman–Crippen MR) is 77.2 cm³/mol. The van der Waals surface area contributed by atoms with Crippen LogP contribution in [0.5, 0.6) is 0 Å². The van der Waals surface area contributed by atoms with Crippen LogP contribution in [-0.4, -0.2) is 66.6 Å². The summed E-state index contributed by atoms with van der Waals surface area (Å²) in [6.45, 7) is 2.01. The van der Waals surface area contributed by atoms with Gasteiger partial charge in [0.15, 0.2) is 0 Å². The van der Waals surface area contributed by atoms with Crippen LogP contribution >= 0.6 is 0 Å². The Balaban J connectivity index is 2.55. The molecule has 0 radical (unpaired) electrons. The Morgan fingerprint density at radius 3 is 2.62 bits per heavy atom. The SMILES string of the molecule is CN1CCC(N(C)/C=C(/C#N)C(=O)NCCC(=O)O)CC1. The summed E-state index contributed by atoms with van der Waals surface area (Å²) >= 11 is 0. The van der Waals surface area contributed by atoms with Crippen molar-refractivity contribution in [2.24, 2.45) is 0 Å². The minimum Gasteiger partial charge on any atom is -0.481 e. The minimum absolute atomic E-state index is 0.00168. The van der Waals surface area contributed by atoms with Crippen LogP contribution in [0, 0.1) is 11.3 Å². The summed E-state index contributed by atoms with van der Waals surface area (Å²) in [6.07, 6.45) is 3.37. The average Bonchev–Trinajstić information content (AvgIpc) is 2.44. The number of aliphatic carboxylic acids is 1. The van der Waals surface area contributed by atoms with Crippen LogP contribution in [-0.2, 0) is 9.59 Å². The normalized spacial score (nSPS) is 17.1. The first-order valence-electron chi connectivity index (χ1n) is 6.96. The lowest BCUT2D eigenvalue weighted by atomic mass is 10.0. The molecular formula is C14H22N4O3. The molecule has 1 rings (SSSR count). The van der Waals surface area contributed by atoms with Crippen molar-refractivity contribution >= 4 is 11.9 Å². The highest BCUT2D eigenvalue weighted by Crippen LogP contribution is 2.15. The van der Waals surface area contributed by atoms with E-state index in [1.54, 1.807) is 6.20 Å². The molecule has 1 aliphatic rings. The predicted octanol–water partition coefficient (Wildman–Crippen LogP) is 0.0108. The third-order valence-electron chi connectivity index (χ3n) is 3.59. The van der Waals surface area contributed by atoms with Crippen LogP contribution in [0.15, 0.2) is 11.8 Å². The van der Waals surface area contributed by atoms with Crippen LogP contribution in [0.2, 0.25) is 0 Å². The molecule has 7 nitrogen and oxygen atoms in total. The van der Waals surface area contributed by atoms with Crippen LogP contribution in [0.4, 0.5) is 0 Å². The van der Waals surface area contributed by atoms with Gasteiger partial charge in [0.05, 0.1) is 6.42 Å². The third-order valence-corrected chi connectivity index (χ3v) is 3.59. The van der Waals surface area contributed by atoms with Crippen LogP contribution < -0.4 is 5.32 Å². The highest BCUT2D eigenvalue weighted by molar-refractivity contribution is 5.97. The molecule has 1 amide bonds. The van der Waals surface area contributed by atoms with Crippen molar-refractivity contribution in [1.82, 2.24) is 15.1 Å². The smallest absolute Gasteiger partial charge is 0.305 e. The fourth-order valence-electron chi connectivity index (χ4n) is 2.23. The summed E-state index contributed by atoms with van der Waals surface area (Å²) in [6, 6.07) is 2.18. The molecule has 1 heterocycles. The molecule has 1 aliphatic heterocycles. The second-order valence-corrected chi connectivity index (χ2v) is 5.25. The van der Waals surface area contributed by atoms with Gasteiger partial charge in [-0.25, -0.2) is 0 Å². The van der Waals surface area contributed by atoms with Gasteiger partial charge >= 0.3 is 5.97 Å². The number of carboxylic acids is 1. The largest absolute Gasteiger partial charge is 0.481 e. The maximum absolute atomic E-state index is 11.8. The summed E-state index contributed by atoms with van der Waals surface area (Å²) in [5.41, 5.74) is 0.00168. The van der Waals surface area contributed by atoms with E-state index in [9.17, 15) is 9.59 Å². The summed E-state index contributed by atoms with van der Waals surface area (Å²) in [4.78, 5) is 26.3. The van der Waals surface area contributed by atoms with Gasteiger partial charge in [-0.2, -0.15) is 5.26 Å². The molecule has 0 unspecified atom stereocenters. The second kappa shape index (κ2) is 8.27. The Morgan fingerprint density at radius 2 is 2.10 bits per heavy atom. The molecule has 0 aromatic carbocycles. The van der Waals surface area contributed by atoms with Crippen LogP contribution in [0.1, 0.15) is 19.3 Å². The van der Waals surface area contributed by atoms with Crippen molar-refractivity contribution in [1.29, 1.82) is 5.26 Å². The van der Waals surface area contributed by atoms with E-state index < -0.39 is 11.9 Å². The van der Waals surface area contributed by atoms with Crippen LogP contribution in [0.25, 0.3) is 0 Å². The molecule has 116 valence electrons. The van der Waals surface area contributed by atoms with E-state index in [0.29, 0.717) is 6.04 Å². The van der Waals surface area contributed by atoms with Crippen molar-refractivity contribution in [3.63, 3.8) is 0 Å². The average molecular weight is 294 g/mol. The summed E-state index contributed by atoms with van der Waals surface area (Å²) in [5, 5.41) is 20.0. The summed E-state index contributed by atoms with van der Waals surface area (Å²) in [7, 11) is 3.93. The quantitative estimate of drug-likeness (QED) is 0.529. The van der Waals surface area contributed by atoms with Crippen molar-refractivity contribution < 1.29 is 14.7 Å². The molecule has 0 aromatic rings. The zero-order valence-electron chi connectivity index (χ0n) is 12.5. The molecule has 0 aromatic heterocycles. The van der Waals surface area contributed by atoms with E-state index >= 15 is 0 Å². The van der Waals surface area contributed by atoms with E-state index in [4.69, 9.17) is 10.4 Å². The molecule has 1 fully saturated rings. The van der Waals surface area contributed by atoms with Gasteiger partial charge in [-0.05, 0) is 33.0 Å². The fraction of sp³-hybridized carbons (Fsp3) is 0.643. The lowest BCUT2D eigenvalue weighted by Gasteiger charge is -2.34. The Morgan fingerprint density at radius 1 is 1.48 bits per heavy atom. The van der Waals surface area contributed by atoms with E-state index in [0.717, 1.165) is 25.9 Å². The Hall–Kier alpha value is -2.07. The first-order valence-corrected chi connectivity index (χ1v) is 6.96. The molecule has 0 aliphatic carbocycles. The van der Waals surface area contributed by atoms with Gasteiger partial charge in [-0.3, -0.25) is 9.59 Å². The number of hydrogen-bond acceptors (Lipinski definition) is 5. The lowest BCUT2D eigenvalue weighted by Crippen LogP contribution is -2.40. The second-order valence-electron chi connectivity index (χ2n) is 5.25. The molecule has 1 saturated heterocycles. The molecule has 21 heavy (non-hydrogen) atoms. The molecule has 0 saturated carbocycles. The number of carbonyl (C=O) groups is 2. The van der Waals surface area contributed by atoms with E-state index in [1.165, 1.54) is 0 Å². The van der Waals surface area contributed by atoms with Crippen molar-refractivity contribution in [2.75, 3.05) is 33.7 Å². The number of rotatable bonds is 6. The summed E-state index contributed by atoms with van der Waals surface area (Å²) in [5.74, 6) is -1.51. The van der Waals surface area contributed by atoms with Crippen LogP contribution in [0.3, 0.4) is 0 Å². The van der Waals surface area contributed by atoms with Gasteiger partial charge < -0.3 is 20.2 Å². The van der Waals surface area contributed by atoms with Crippen molar-refractivity contribution in [3.8, 4) is 6.07 Å². The number of carbonyl (C=O) groups excluding carboxylic acids is 1. The molecule has 7 heteroatoms. The van der Waals surface area contributed by atoms with E-state index in [1.807, 2.05) is 18.0 Å². The van der Waals surface area contributed by atoms with Gasteiger partial charge in [0, 0.05) is 25.8 Å². The zero-order chi connectivity index (χ0) is 15.8. The highest BCUT2D eigenvalue weighted by Gasteiger charge is 2.20. The topological polar surface area (TPSA) is 96.7 Å². The number of likely N-dealkylation sites (tertiary alicyclic amines) is 1. The number of piperidine rings is 1. The minimum atomic E-state index is -0.985. The number of hydrogen-bond donors (Lipinski definition) is 2. The number of nitriles is 1. The number of carboxylic acid groups (broad SMARTS) is 1. The van der Waals surface area contributed by atoms with Gasteiger partial charge in [0.2, 0.25) is 0 Å². The Kier molecular flexibility index (Phi) is 6.69. The fourth-order valence-corrected chi connectivity index (χ4v) is 2.23. The van der Waals surface area contributed by atoms with E-state index in [2.05, 4.69) is 17.3 Å². The maximum atomic E-state index is 11.8. The first-order chi connectivity index (χ1) is 9.93. The Labute approximate surface area is 124 Å². The number of nitrogens with one attached hydrogen (secondary N) is 1. The number of nitrogens with zero attached hydrogens (tertiary/aromatic N) is 3. The summed E-state index contributed by atoms with van der Waals surface area (Å²) < 4.78 is 0. The van der Waals surface area contributed by atoms with Gasteiger partial charge in [0.25, 0.3) is 5.91 Å². The van der Waals surface area contributed by atoms with Crippen molar-refractivity contribution in [2.45, 2.75) is 25.3 Å². The standard InChI is InChI=1S/C14H22N4O3/c1-17-7-4-12(5-8-17)18(2)10-11(9-15)14(21)16-6-3-13(19)20/h10,12H,3-8H2,1-2H3,(H,16,21)(H,19,20)/b11-10-. The van der Waals surface area contributed by atoms with Crippen molar-refractivity contribution in [3.05, 3.63) is 11.8 Å². The zero-order valence-corrected chi connectivity index (χ0v) is 12.5. The molecule has 2 N–H and O–H groups in total. The van der Waals surface area contributed by atoms with Gasteiger partial charge in [-0.1, -0.05) is 0 Å². The Bertz CT molecular complexity index is 448. The highest BCUT2D eigenvalue weighted by atomic mass is 16.4. The number of amides is 1. The third kappa shape index (κ3) is 5.83. The van der Waals surface area contributed by atoms with Gasteiger partial charge in [-0.15, -0.1) is 0 Å². The lowest BCUT2D eigenvalue weighted by molar-refractivity contribution is -0.136. The maximum Gasteiger partial charge on any atom is 0.305 e.